The number of carbonyl (C=O) groups excluding carboxylic acids is 1. The molecule has 0 fully saturated rings. The van der Waals surface area contributed by atoms with Crippen LogP contribution in [-0.2, 0) is 19.4 Å². The third-order valence-corrected chi connectivity index (χ3v) is 3.79. The van der Waals surface area contributed by atoms with Crippen molar-refractivity contribution in [3.63, 3.8) is 0 Å². The first-order valence-corrected chi connectivity index (χ1v) is 8.67. The summed E-state index contributed by atoms with van der Waals surface area (Å²) in [4.78, 5) is 22.6. The molecule has 1 aromatic rings. The van der Waals surface area contributed by atoms with Gasteiger partial charge in [0.05, 0.1) is 5.75 Å². The summed E-state index contributed by atoms with van der Waals surface area (Å²) in [7, 11) is -3.29. The van der Waals surface area contributed by atoms with Gasteiger partial charge in [0, 0.05) is 12.3 Å². The second-order valence-electron chi connectivity index (χ2n) is 4.29. The predicted octanol–water partition coefficient (Wildman–Crippen LogP) is 1.06. The minimum absolute atomic E-state index is 0.194. The average molecular weight is 380 g/mol. The second kappa shape index (κ2) is 7.41. The Balaban J connectivity index is 2.60. The Morgan fingerprint density at radius 1 is 1.48 bits per heavy atom. The Labute approximate surface area is 130 Å². The molecule has 9 heteroatoms. The van der Waals surface area contributed by atoms with Gasteiger partial charge in [-0.25, -0.2) is 13.2 Å². The molecular formula is C12H14BrNO6S. The van der Waals surface area contributed by atoms with Crippen LogP contribution in [0, 0.1) is 0 Å². The highest BCUT2D eigenvalue weighted by atomic mass is 79.9. The smallest absolute Gasteiger partial charge is 0.326 e. The van der Waals surface area contributed by atoms with E-state index in [1.165, 1.54) is 6.08 Å². The maximum Gasteiger partial charge on any atom is 0.326 e. The molecule has 0 bridgehead atoms. The van der Waals surface area contributed by atoms with Gasteiger partial charge in [-0.15, -0.1) is 0 Å². The predicted molar refractivity (Wildman–Crippen MR) is 79.3 cm³/mol. The van der Waals surface area contributed by atoms with Crippen LogP contribution in [0.25, 0.3) is 6.08 Å². The van der Waals surface area contributed by atoms with Crippen molar-refractivity contribution in [2.45, 2.75) is 12.5 Å². The fourth-order valence-corrected chi connectivity index (χ4v) is 2.37. The largest absolute Gasteiger partial charge is 0.480 e. The quantitative estimate of drug-likeness (QED) is 0.684. The maximum atomic E-state index is 11.6. The summed E-state index contributed by atoms with van der Waals surface area (Å²) in [5.74, 6) is -1.84. The van der Waals surface area contributed by atoms with Crippen molar-refractivity contribution in [3.8, 4) is 0 Å². The fraction of sp³-hybridized carbons (Fsp3) is 0.333. The number of hydrogen-bond acceptors (Lipinski definition) is 5. The van der Waals surface area contributed by atoms with Crippen LogP contribution in [0.15, 0.2) is 27.3 Å². The van der Waals surface area contributed by atoms with Crippen LogP contribution in [0.5, 0.6) is 0 Å². The molecule has 0 saturated heterocycles. The lowest BCUT2D eigenvalue weighted by Gasteiger charge is -2.12. The van der Waals surface area contributed by atoms with Crippen LogP contribution in [-0.4, -0.2) is 43.5 Å². The molecule has 1 aromatic heterocycles. The van der Waals surface area contributed by atoms with Gasteiger partial charge in [-0.3, -0.25) is 4.79 Å². The molecule has 0 spiro atoms. The van der Waals surface area contributed by atoms with Crippen LogP contribution in [0.3, 0.4) is 0 Å². The standard InChI is InChI=1S/C12H14BrNO6S/c1-21(18,19)7-6-9(12(16)17)14-11(15)5-3-8-2-4-10(13)20-8/h2-5,9H,6-7H2,1H3,(H,14,15)(H,16,17)/b5-3+. The zero-order valence-corrected chi connectivity index (χ0v) is 13.5. The van der Waals surface area contributed by atoms with Gasteiger partial charge in [0.1, 0.15) is 21.6 Å². The summed E-state index contributed by atoms with van der Waals surface area (Å²) >= 11 is 3.10. The number of carbonyl (C=O) groups is 2. The summed E-state index contributed by atoms with van der Waals surface area (Å²) in [5, 5.41) is 11.2. The van der Waals surface area contributed by atoms with Gasteiger partial charge >= 0.3 is 5.97 Å². The third-order valence-electron chi connectivity index (χ3n) is 2.38. The molecule has 0 aromatic carbocycles. The number of amides is 1. The number of carboxylic acid groups (broad SMARTS) is 1. The van der Waals surface area contributed by atoms with E-state index in [2.05, 4.69) is 21.2 Å². The Hall–Kier alpha value is -1.61. The number of hydrogen-bond donors (Lipinski definition) is 2. The van der Waals surface area contributed by atoms with Crippen molar-refractivity contribution in [1.29, 1.82) is 0 Å². The molecule has 1 amide bonds. The number of carboxylic acids is 1. The molecule has 116 valence electrons. The number of rotatable bonds is 7. The lowest BCUT2D eigenvalue weighted by atomic mass is 10.2. The van der Waals surface area contributed by atoms with E-state index in [4.69, 9.17) is 9.52 Å². The van der Waals surface area contributed by atoms with Crippen molar-refractivity contribution in [2.24, 2.45) is 0 Å². The molecule has 1 heterocycles. The molecule has 7 nitrogen and oxygen atoms in total. The van der Waals surface area contributed by atoms with Gasteiger partial charge in [-0.2, -0.15) is 0 Å². The van der Waals surface area contributed by atoms with E-state index in [0.29, 0.717) is 10.4 Å². The van der Waals surface area contributed by atoms with Crippen LogP contribution in [0.1, 0.15) is 12.2 Å². The van der Waals surface area contributed by atoms with E-state index in [1.807, 2.05) is 0 Å². The Bertz CT molecular complexity index is 648. The van der Waals surface area contributed by atoms with Crippen LogP contribution < -0.4 is 5.32 Å². The molecule has 0 radical (unpaired) electrons. The fourth-order valence-electron chi connectivity index (χ4n) is 1.38. The second-order valence-corrected chi connectivity index (χ2v) is 7.33. The molecule has 0 aliphatic rings. The SMILES string of the molecule is CS(=O)(=O)CCC(NC(=O)/C=C/c1ccc(Br)o1)C(=O)O. The van der Waals surface area contributed by atoms with Gasteiger partial charge < -0.3 is 14.8 Å². The van der Waals surface area contributed by atoms with Gasteiger partial charge in [0.25, 0.3) is 0 Å². The van der Waals surface area contributed by atoms with E-state index in [1.54, 1.807) is 12.1 Å². The molecule has 1 unspecified atom stereocenters. The summed E-state index contributed by atoms with van der Waals surface area (Å²) in [5.41, 5.74) is 0. The first-order valence-electron chi connectivity index (χ1n) is 5.82. The van der Waals surface area contributed by atoms with Gasteiger partial charge in [-0.1, -0.05) is 0 Å². The minimum Gasteiger partial charge on any atom is -0.480 e. The molecule has 0 aliphatic heterocycles. The van der Waals surface area contributed by atoms with Crippen molar-refractivity contribution in [2.75, 3.05) is 12.0 Å². The number of halogens is 1. The molecule has 1 rings (SSSR count). The normalized spacial score (nSPS) is 13.2. The van der Waals surface area contributed by atoms with E-state index in [9.17, 15) is 18.0 Å². The van der Waals surface area contributed by atoms with Gasteiger partial charge in [-0.05, 0) is 40.6 Å². The maximum absolute atomic E-state index is 11.6. The van der Waals surface area contributed by atoms with Crippen LogP contribution in [0.2, 0.25) is 0 Å². The van der Waals surface area contributed by atoms with E-state index >= 15 is 0 Å². The average Bonchev–Trinajstić information content (AvgIpc) is 2.76. The molecule has 1 atom stereocenters. The summed E-state index contributed by atoms with van der Waals surface area (Å²) in [6.07, 6.45) is 3.29. The topological polar surface area (TPSA) is 114 Å². The van der Waals surface area contributed by atoms with E-state index < -0.39 is 27.8 Å². The van der Waals surface area contributed by atoms with Gasteiger partial charge in [0.2, 0.25) is 5.91 Å². The van der Waals surface area contributed by atoms with Gasteiger partial charge in [0.15, 0.2) is 4.67 Å². The lowest BCUT2D eigenvalue weighted by molar-refractivity contribution is -0.141. The molecule has 21 heavy (non-hydrogen) atoms. The molecule has 0 saturated carbocycles. The van der Waals surface area contributed by atoms with Crippen molar-refractivity contribution in [3.05, 3.63) is 28.6 Å². The molecular weight excluding hydrogens is 366 g/mol. The summed E-state index contributed by atoms with van der Waals surface area (Å²) in [6, 6.07) is 2.00. The van der Waals surface area contributed by atoms with Crippen LogP contribution in [0.4, 0.5) is 0 Å². The third kappa shape index (κ3) is 7.09. The Morgan fingerprint density at radius 3 is 2.62 bits per heavy atom. The number of nitrogens with one attached hydrogen (secondary N) is 1. The highest BCUT2D eigenvalue weighted by molar-refractivity contribution is 9.10. The number of sulfone groups is 1. The number of furan rings is 1. The Kier molecular flexibility index (Phi) is 6.16. The highest BCUT2D eigenvalue weighted by Crippen LogP contribution is 2.14. The van der Waals surface area contributed by atoms with Crippen molar-refractivity contribution in [1.82, 2.24) is 5.32 Å². The first-order chi connectivity index (χ1) is 9.67. The minimum atomic E-state index is -3.29. The zero-order valence-electron chi connectivity index (χ0n) is 11.1. The summed E-state index contributed by atoms with van der Waals surface area (Å²) < 4.78 is 27.7. The van der Waals surface area contributed by atoms with E-state index in [-0.39, 0.29) is 12.2 Å². The van der Waals surface area contributed by atoms with E-state index in [0.717, 1.165) is 12.3 Å². The lowest BCUT2D eigenvalue weighted by Crippen LogP contribution is -2.41. The van der Waals surface area contributed by atoms with Crippen molar-refractivity contribution >= 4 is 43.7 Å². The first kappa shape index (κ1) is 17.4. The summed E-state index contributed by atoms with van der Waals surface area (Å²) in [6.45, 7) is 0. The molecule has 0 aliphatic carbocycles. The monoisotopic (exact) mass is 379 g/mol. The molecule has 2 N–H and O–H groups in total. The highest BCUT2D eigenvalue weighted by Gasteiger charge is 2.20. The van der Waals surface area contributed by atoms with Crippen molar-refractivity contribution < 1.29 is 27.5 Å². The number of aliphatic carboxylic acids is 1. The van der Waals surface area contributed by atoms with Crippen LogP contribution >= 0.6 is 15.9 Å². The Morgan fingerprint density at radius 2 is 2.14 bits per heavy atom. The zero-order chi connectivity index (χ0) is 16.0.